The van der Waals surface area contributed by atoms with E-state index in [0.717, 1.165) is 11.1 Å². The highest BCUT2D eigenvalue weighted by atomic mass is 16.4. The number of hydrogen-bond acceptors (Lipinski definition) is 14. The maximum atomic E-state index is 13.3. The number of pyridine rings is 2. The molecule has 316 valence electrons. The lowest BCUT2D eigenvalue weighted by molar-refractivity contribution is 0.0918. The first-order valence-electron chi connectivity index (χ1n) is 18.7. The topological polar surface area (TPSA) is 302 Å². The molecule has 6 aromatic rings. The van der Waals surface area contributed by atoms with Gasteiger partial charge in [0.05, 0.1) is 0 Å². The maximum Gasteiger partial charge on any atom is 0.352 e. The van der Waals surface area contributed by atoms with E-state index in [-0.39, 0.29) is 57.5 Å². The first-order chi connectivity index (χ1) is 29.4. The Morgan fingerprint density at radius 3 is 1.10 bits per heavy atom. The summed E-state index contributed by atoms with van der Waals surface area (Å²) in [6.45, 7) is 11.7. The third-order valence-electron chi connectivity index (χ3n) is 9.03. The van der Waals surface area contributed by atoms with E-state index >= 15 is 0 Å². The molecule has 8 N–H and O–H groups in total. The highest BCUT2D eigenvalue weighted by molar-refractivity contribution is 5.99. The standard InChI is InChI=1S/C40H38N14O8/c1-39(2,3)23-15-19-13-21(17-23)33-47-49-35(61-33)27-11-8-12-28(42-27)36-50-48-34(62-36)22-14-20(16-24(18-22)40(4,5)6)30(56)44-52-38(60)54-46-32(58)26-10-7-9-25(41-26)31(57)45-53-37(59)51-43-29(19)55/h7-18H,1-6H3,(H,43,55)(H,44,56)(H,45,57)(H,46,58)(H2,51,53,59)(H2,52,54,60). The van der Waals surface area contributed by atoms with Gasteiger partial charge in [-0.15, -0.1) is 20.4 Å². The molecule has 1 aliphatic rings. The predicted molar refractivity (Wildman–Crippen MR) is 217 cm³/mol. The smallest absolute Gasteiger partial charge is 0.352 e. The lowest BCUT2D eigenvalue weighted by Crippen LogP contribution is -2.53. The second kappa shape index (κ2) is 16.6. The number of nitrogens with zero attached hydrogens (tertiary/aromatic N) is 6. The van der Waals surface area contributed by atoms with Crippen LogP contribution in [0.1, 0.15) is 94.4 Å². The molecule has 7 rings (SSSR count). The van der Waals surface area contributed by atoms with Crippen LogP contribution in [-0.4, -0.2) is 66.1 Å². The number of carbonyl (C=O) groups excluding carboxylic acids is 6. The van der Waals surface area contributed by atoms with E-state index in [1.807, 2.05) is 41.5 Å². The molecule has 0 unspecified atom stereocenters. The number of carbonyl (C=O) groups is 6. The summed E-state index contributed by atoms with van der Waals surface area (Å²) in [5, 5.41) is 16.8. The Bertz CT molecular complexity index is 2590. The zero-order valence-corrected chi connectivity index (χ0v) is 33.9. The van der Waals surface area contributed by atoms with Crippen LogP contribution in [-0.2, 0) is 10.8 Å². The molecule has 1 aliphatic heterocycles. The van der Waals surface area contributed by atoms with E-state index in [4.69, 9.17) is 8.83 Å². The van der Waals surface area contributed by atoms with Gasteiger partial charge in [-0.2, -0.15) is 0 Å². The monoisotopic (exact) mass is 842 g/mol. The van der Waals surface area contributed by atoms with Crippen molar-refractivity contribution in [3.05, 3.63) is 106 Å². The molecule has 0 fully saturated rings. The summed E-state index contributed by atoms with van der Waals surface area (Å²) in [4.78, 5) is 85.9. The van der Waals surface area contributed by atoms with Gasteiger partial charge in [0.2, 0.25) is 11.8 Å². The highest BCUT2D eigenvalue weighted by Crippen LogP contribution is 2.33. The van der Waals surface area contributed by atoms with Crippen molar-refractivity contribution in [3.8, 4) is 46.1 Å². The van der Waals surface area contributed by atoms with Gasteiger partial charge in [0.15, 0.2) is 0 Å². The summed E-state index contributed by atoms with van der Waals surface area (Å²) in [5.74, 6) is -3.08. The van der Waals surface area contributed by atoms with Crippen LogP contribution >= 0.6 is 0 Å². The van der Waals surface area contributed by atoms with E-state index in [1.54, 1.807) is 42.5 Å². The minimum atomic E-state index is -1.03. The first kappa shape index (κ1) is 41.6. The van der Waals surface area contributed by atoms with Crippen molar-refractivity contribution in [1.29, 1.82) is 0 Å². The van der Waals surface area contributed by atoms with Gasteiger partial charge < -0.3 is 8.83 Å². The van der Waals surface area contributed by atoms with Gasteiger partial charge in [-0.25, -0.2) is 41.3 Å². The van der Waals surface area contributed by atoms with E-state index in [0.29, 0.717) is 11.1 Å². The zero-order chi connectivity index (χ0) is 44.3. The van der Waals surface area contributed by atoms with Crippen molar-refractivity contribution < 1.29 is 37.6 Å². The number of rotatable bonds is 0. The number of aromatic nitrogens is 6. The highest BCUT2D eigenvalue weighted by Gasteiger charge is 2.24. The quantitative estimate of drug-likeness (QED) is 0.109. The largest absolute Gasteiger partial charge is 0.415 e. The number of nitrogens with one attached hydrogen (secondary N) is 8. The van der Waals surface area contributed by atoms with Crippen LogP contribution in [0.25, 0.3) is 46.1 Å². The second-order valence-electron chi connectivity index (χ2n) is 15.7. The molecule has 0 spiro atoms. The molecule has 0 saturated carbocycles. The zero-order valence-electron chi connectivity index (χ0n) is 33.9. The third kappa shape index (κ3) is 9.49. The Morgan fingerprint density at radius 1 is 0.387 bits per heavy atom. The van der Waals surface area contributed by atoms with E-state index in [9.17, 15) is 28.8 Å². The number of hydrazine groups is 4. The maximum absolute atomic E-state index is 13.3. The van der Waals surface area contributed by atoms with Crippen molar-refractivity contribution in [3.63, 3.8) is 0 Å². The summed E-state index contributed by atoms with van der Waals surface area (Å²) >= 11 is 0. The predicted octanol–water partition coefficient (Wildman–Crippen LogP) is 3.40. The van der Waals surface area contributed by atoms with Crippen LogP contribution in [0, 0.1) is 0 Å². The summed E-state index contributed by atoms with van der Waals surface area (Å²) in [5.41, 5.74) is 18.8. The number of urea groups is 2. The average Bonchev–Trinajstić information content (AvgIpc) is 3.96. The molecule has 0 atom stereocenters. The second-order valence-corrected chi connectivity index (χ2v) is 15.7. The van der Waals surface area contributed by atoms with Crippen LogP contribution in [0.3, 0.4) is 0 Å². The van der Waals surface area contributed by atoms with Gasteiger partial charge in [-0.3, -0.25) is 40.9 Å². The summed E-state index contributed by atoms with van der Waals surface area (Å²) in [6.07, 6.45) is 0. The molecule has 22 nitrogen and oxygen atoms in total. The average molecular weight is 843 g/mol. The number of fused-ring (bicyclic) bond motifs is 16. The molecule has 4 aromatic heterocycles. The fraction of sp³-hybridized carbons (Fsp3) is 0.200. The SMILES string of the molecule is CC(C)(C)c1cc2cc(c1)-c1nnc(o1)-c1cccc(n1)-c1nnc(o1)-c1cc(cc(C(C)(C)C)c1)C(=O)NNC(=O)NNC(=O)c1cccc(n1)C(=O)NNC(=O)NNC2=O. The molecule has 12 bridgehead atoms. The van der Waals surface area contributed by atoms with Gasteiger partial charge in [0.25, 0.3) is 35.4 Å². The van der Waals surface area contributed by atoms with Crippen molar-refractivity contribution in [2.24, 2.45) is 0 Å². The van der Waals surface area contributed by atoms with Gasteiger partial charge in [0, 0.05) is 22.3 Å². The molecule has 8 amide bonds. The van der Waals surface area contributed by atoms with E-state index in [1.165, 1.54) is 30.3 Å². The van der Waals surface area contributed by atoms with Crippen molar-refractivity contribution in [1.82, 2.24) is 73.8 Å². The minimum Gasteiger partial charge on any atom is -0.415 e. The molecule has 0 saturated heterocycles. The van der Waals surface area contributed by atoms with E-state index in [2.05, 4.69) is 73.8 Å². The molecule has 62 heavy (non-hydrogen) atoms. The summed E-state index contributed by atoms with van der Waals surface area (Å²) < 4.78 is 12.1. The third-order valence-corrected chi connectivity index (χ3v) is 9.03. The van der Waals surface area contributed by atoms with Gasteiger partial charge in [-0.05, 0) is 82.6 Å². The lowest BCUT2D eigenvalue weighted by atomic mass is 9.85. The molecular formula is C40H38N14O8. The molecule has 2 aromatic carbocycles. The molecule has 0 aliphatic carbocycles. The van der Waals surface area contributed by atoms with E-state index < -0.39 is 46.5 Å². The Kier molecular flexibility index (Phi) is 11.1. The Morgan fingerprint density at radius 2 is 0.710 bits per heavy atom. The van der Waals surface area contributed by atoms with Crippen LogP contribution in [0.5, 0.6) is 0 Å². The van der Waals surface area contributed by atoms with Crippen LogP contribution in [0.15, 0.2) is 81.6 Å². The Balaban J connectivity index is 1.23. The van der Waals surface area contributed by atoms with Crippen molar-refractivity contribution >= 4 is 35.7 Å². The fourth-order valence-corrected chi connectivity index (χ4v) is 5.67. The number of benzene rings is 2. The fourth-order valence-electron chi connectivity index (χ4n) is 5.67. The van der Waals surface area contributed by atoms with Crippen LogP contribution < -0.4 is 43.4 Å². The summed E-state index contributed by atoms with van der Waals surface area (Å²) in [7, 11) is 0. The van der Waals surface area contributed by atoms with Gasteiger partial charge in [-0.1, -0.05) is 53.7 Å². The first-order valence-corrected chi connectivity index (χ1v) is 18.7. The molecular weight excluding hydrogens is 805 g/mol. The lowest BCUT2D eigenvalue weighted by Gasteiger charge is -2.20. The Hall–Kier alpha value is -8.56. The normalized spacial score (nSPS) is 14.2. The van der Waals surface area contributed by atoms with Crippen molar-refractivity contribution in [2.75, 3.05) is 0 Å². The molecule has 22 heteroatoms. The Labute approximate surface area is 351 Å². The van der Waals surface area contributed by atoms with Crippen LogP contribution in [0.4, 0.5) is 9.59 Å². The number of hydrogen-bond donors (Lipinski definition) is 8. The van der Waals surface area contributed by atoms with Gasteiger partial charge >= 0.3 is 12.1 Å². The van der Waals surface area contributed by atoms with Gasteiger partial charge in [0.1, 0.15) is 22.8 Å². The number of amides is 8. The minimum absolute atomic E-state index is 0.0419. The van der Waals surface area contributed by atoms with Crippen molar-refractivity contribution in [2.45, 2.75) is 52.4 Å². The molecule has 0 radical (unpaired) electrons. The molecule has 5 heterocycles. The summed E-state index contributed by atoms with van der Waals surface area (Å²) in [6, 6.07) is 16.6. The van der Waals surface area contributed by atoms with Crippen LogP contribution in [0.2, 0.25) is 0 Å².